The zero-order valence-corrected chi connectivity index (χ0v) is 7.66. The van der Waals surface area contributed by atoms with Gasteiger partial charge in [-0.3, -0.25) is 5.32 Å². The highest BCUT2D eigenvalue weighted by molar-refractivity contribution is 5.45. The number of rotatable bonds is 1. The molecule has 1 unspecified atom stereocenters. The van der Waals surface area contributed by atoms with Gasteiger partial charge in [-0.2, -0.15) is 0 Å². The Balaban J connectivity index is 1.91. The van der Waals surface area contributed by atoms with Crippen molar-refractivity contribution in [3.63, 3.8) is 0 Å². The molecule has 0 saturated carbocycles. The quantitative estimate of drug-likeness (QED) is 0.723. The minimum atomic E-state index is 0.143. The van der Waals surface area contributed by atoms with Gasteiger partial charge < -0.3 is 14.2 Å². The van der Waals surface area contributed by atoms with Gasteiger partial charge in [0.15, 0.2) is 11.5 Å². The topological polar surface area (TPSA) is 39.7 Å². The summed E-state index contributed by atoms with van der Waals surface area (Å²) >= 11 is 0. The highest BCUT2D eigenvalue weighted by Crippen LogP contribution is 2.35. The number of hydrogen-bond donors (Lipinski definition) is 1. The van der Waals surface area contributed by atoms with E-state index in [1.807, 2.05) is 18.2 Å². The van der Waals surface area contributed by atoms with Crippen LogP contribution < -0.4 is 14.8 Å². The number of ether oxygens (including phenoxy) is 3. The van der Waals surface area contributed by atoms with Crippen molar-refractivity contribution < 1.29 is 14.2 Å². The van der Waals surface area contributed by atoms with Gasteiger partial charge in [-0.1, -0.05) is 6.07 Å². The van der Waals surface area contributed by atoms with E-state index < -0.39 is 0 Å². The third kappa shape index (κ3) is 1.23. The van der Waals surface area contributed by atoms with Crippen molar-refractivity contribution in [1.82, 2.24) is 5.32 Å². The molecule has 1 saturated heterocycles. The largest absolute Gasteiger partial charge is 0.454 e. The normalized spacial score (nSPS) is 24.1. The number of benzene rings is 1. The van der Waals surface area contributed by atoms with Crippen molar-refractivity contribution in [3.8, 4) is 11.5 Å². The molecule has 3 rings (SSSR count). The number of fused-ring (bicyclic) bond motifs is 1. The van der Waals surface area contributed by atoms with Gasteiger partial charge in [-0.05, 0) is 17.7 Å². The summed E-state index contributed by atoms with van der Waals surface area (Å²) in [6.45, 7) is 1.81. The fourth-order valence-electron chi connectivity index (χ4n) is 1.74. The van der Waals surface area contributed by atoms with Crippen LogP contribution in [0.3, 0.4) is 0 Å². The first-order chi connectivity index (χ1) is 6.93. The Morgan fingerprint density at radius 3 is 3.00 bits per heavy atom. The van der Waals surface area contributed by atoms with Crippen LogP contribution in [0.15, 0.2) is 18.2 Å². The van der Waals surface area contributed by atoms with E-state index in [0.717, 1.165) is 23.6 Å². The lowest BCUT2D eigenvalue weighted by Gasteiger charge is -2.08. The Kier molecular flexibility index (Phi) is 1.82. The van der Waals surface area contributed by atoms with E-state index >= 15 is 0 Å². The zero-order valence-electron chi connectivity index (χ0n) is 7.66. The molecule has 1 atom stereocenters. The Morgan fingerprint density at radius 2 is 2.14 bits per heavy atom. The van der Waals surface area contributed by atoms with Crippen LogP contribution in [0.5, 0.6) is 11.5 Å². The Labute approximate surface area is 81.8 Å². The summed E-state index contributed by atoms with van der Waals surface area (Å²) < 4.78 is 16.0. The highest BCUT2D eigenvalue weighted by Gasteiger charge is 2.20. The Morgan fingerprint density at radius 1 is 1.21 bits per heavy atom. The fourth-order valence-corrected chi connectivity index (χ4v) is 1.74. The van der Waals surface area contributed by atoms with Crippen LogP contribution in [-0.4, -0.2) is 20.1 Å². The molecule has 2 heterocycles. The maximum absolute atomic E-state index is 5.49. The number of nitrogens with one attached hydrogen (secondary N) is 1. The summed E-state index contributed by atoms with van der Waals surface area (Å²) in [5.41, 5.74) is 1.14. The SMILES string of the molecule is c1cc2c(cc1C1CNCO1)OCO2. The van der Waals surface area contributed by atoms with Crippen molar-refractivity contribution in [2.24, 2.45) is 0 Å². The third-order valence-corrected chi connectivity index (χ3v) is 2.48. The third-order valence-electron chi connectivity index (χ3n) is 2.48. The van der Waals surface area contributed by atoms with E-state index in [0.29, 0.717) is 13.5 Å². The molecule has 0 aromatic heterocycles. The maximum atomic E-state index is 5.49. The molecule has 74 valence electrons. The molecule has 0 radical (unpaired) electrons. The van der Waals surface area contributed by atoms with Crippen LogP contribution >= 0.6 is 0 Å². The standard InChI is InChI=1S/C10H11NO3/c1-2-8-9(14-6-13-8)3-7(1)10-4-11-5-12-10/h1-3,10-11H,4-6H2. The first-order valence-corrected chi connectivity index (χ1v) is 4.65. The summed E-state index contributed by atoms with van der Waals surface area (Å²) in [5, 5.41) is 3.14. The molecule has 1 N–H and O–H groups in total. The van der Waals surface area contributed by atoms with Crippen LogP contribution in [0.1, 0.15) is 11.7 Å². The van der Waals surface area contributed by atoms with Crippen LogP contribution in [0.25, 0.3) is 0 Å². The van der Waals surface area contributed by atoms with E-state index in [2.05, 4.69) is 5.32 Å². The summed E-state index contributed by atoms with van der Waals surface area (Å²) in [6, 6.07) is 5.94. The van der Waals surface area contributed by atoms with Crippen LogP contribution in [-0.2, 0) is 4.74 Å². The van der Waals surface area contributed by atoms with Crippen LogP contribution in [0, 0.1) is 0 Å². The predicted octanol–water partition coefficient (Wildman–Crippen LogP) is 1.03. The minimum absolute atomic E-state index is 0.143. The van der Waals surface area contributed by atoms with E-state index in [9.17, 15) is 0 Å². The second-order valence-electron chi connectivity index (χ2n) is 3.37. The predicted molar refractivity (Wildman–Crippen MR) is 49.3 cm³/mol. The van der Waals surface area contributed by atoms with Crippen molar-refractivity contribution in [2.75, 3.05) is 20.1 Å². The molecule has 14 heavy (non-hydrogen) atoms. The van der Waals surface area contributed by atoms with E-state index in [1.54, 1.807) is 0 Å². The van der Waals surface area contributed by atoms with Crippen molar-refractivity contribution in [2.45, 2.75) is 6.10 Å². The lowest BCUT2D eigenvalue weighted by molar-refractivity contribution is 0.114. The molecule has 2 aliphatic rings. The minimum Gasteiger partial charge on any atom is -0.454 e. The maximum Gasteiger partial charge on any atom is 0.231 e. The van der Waals surface area contributed by atoms with Gasteiger partial charge in [0.1, 0.15) is 0 Å². The fraction of sp³-hybridized carbons (Fsp3) is 0.400. The van der Waals surface area contributed by atoms with Gasteiger partial charge in [-0.25, -0.2) is 0 Å². The first kappa shape index (κ1) is 8.08. The van der Waals surface area contributed by atoms with Gasteiger partial charge in [0.05, 0.1) is 12.8 Å². The molecule has 1 fully saturated rings. The number of hydrogen-bond acceptors (Lipinski definition) is 4. The molecule has 0 bridgehead atoms. The lowest BCUT2D eigenvalue weighted by Crippen LogP contribution is -2.07. The summed E-state index contributed by atoms with van der Waals surface area (Å²) in [4.78, 5) is 0. The average molecular weight is 193 g/mol. The van der Waals surface area contributed by atoms with Gasteiger partial charge in [0, 0.05) is 6.54 Å². The van der Waals surface area contributed by atoms with Crippen molar-refractivity contribution in [1.29, 1.82) is 0 Å². The highest BCUT2D eigenvalue weighted by atomic mass is 16.7. The molecule has 1 aromatic carbocycles. The first-order valence-electron chi connectivity index (χ1n) is 4.65. The molecule has 0 spiro atoms. The van der Waals surface area contributed by atoms with Crippen LogP contribution in [0.2, 0.25) is 0 Å². The van der Waals surface area contributed by atoms with E-state index in [4.69, 9.17) is 14.2 Å². The summed E-state index contributed by atoms with van der Waals surface area (Å²) in [7, 11) is 0. The van der Waals surface area contributed by atoms with E-state index in [-0.39, 0.29) is 6.10 Å². The second kappa shape index (κ2) is 3.15. The molecular weight excluding hydrogens is 182 g/mol. The van der Waals surface area contributed by atoms with Crippen molar-refractivity contribution >= 4 is 0 Å². The summed E-state index contributed by atoms with van der Waals surface area (Å²) in [6.07, 6.45) is 0.143. The lowest BCUT2D eigenvalue weighted by atomic mass is 10.1. The average Bonchev–Trinajstić information content (AvgIpc) is 2.88. The van der Waals surface area contributed by atoms with Gasteiger partial charge in [-0.15, -0.1) is 0 Å². The Hall–Kier alpha value is -1.26. The summed E-state index contributed by atoms with van der Waals surface area (Å²) in [5.74, 6) is 1.64. The molecule has 4 nitrogen and oxygen atoms in total. The molecule has 2 aliphatic heterocycles. The Bertz CT molecular complexity index is 347. The van der Waals surface area contributed by atoms with Crippen LogP contribution in [0.4, 0.5) is 0 Å². The molecule has 0 aliphatic carbocycles. The molecule has 0 amide bonds. The van der Waals surface area contributed by atoms with Gasteiger partial charge >= 0.3 is 0 Å². The molecule has 4 heteroatoms. The van der Waals surface area contributed by atoms with Gasteiger partial charge in [0.2, 0.25) is 6.79 Å². The van der Waals surface area contributed by atoms with Gasteiger partial charge in [0.25, 0.3) is 0 Å². The smallest absolute Gasteiger partial charge is 0.231 e. The zero-order chi connectivity index (χ0) is 9.38. The molecular formula is C10H11NO3. The van der Waals surface area contributed by atoms with E-state index in [1.165, 1.54) is 0 Å². The second-order valence-corrected chi connectivity index (χ2v) is 3.37. The monoisotopic (exact) mass is 193 g/mol. The van der Waals surface area contributed by atoms with Crippen molar-refractivity contribution in [3.05, 3.63) is 23.8 Å². The molecule has 1 aromatic rings.